The smallest absolute Gasteiger partial charge is 0.263 e. The van der Waals surface area contributed by atoms with Gasteiger partial charge in [0.2, 0.25) is 0 Å². The van der Waals surface area contributed by atoms with Crippen LogP contribution in [0.4, 0.5) is 5.69 Å². The first-order chi connectivity index (χ1) is 10.6. The van der Waals surface area contributed by atoms with Crippen molar-refractivity contribution in [3.8, 4) is 0 Å². The zero-order chi connectivity index (χ0) is 17.6. The number of pyridine rings is 1. The number of aromatic nitrogens is 1. The molecule has 7 nitrogen and oxygen atoms in total. The van der Waals surface area contributed by atoms with E-state index in [-0.39, 0.29) is 11.5 Å². The Bertz CT molecular complexity index is 533. The summed E-state index contributed by atoms with van der Waals surface area (Å²) in [6.07, 6.45) is 2.97. The minimum atomic E-state index is -1.58. The van der Waals surface area contributed by atoms with Crippen molar-refractivity contribution in [1.82, 2.24) is 10.3 Å². The molecule has 0 saturated carbocycles. The molecule has 128 valence electrons. The molecule has 0 bridgehead atoms. The van der Waals surface area contributed by atoms with Crippen molar-refractivity contribution in [3.63, 3.8) is 0 Å². The van der Waals surface area contributed by atoms with E-state index in [9.17, 15) is 19.8 Å². The van der Waals surface area contributed by atoms with Crippen LogP contribution < -0.4 is 10.6 Å². The van der Waals surface area contributed by atoms with Crippen LogP contribution in [0, 0.1) is 5.41 Å². The third kappa shape index (κ3) is 6.55. The average molecular weight is 341 g/mol. The SMILES string of the molecule is CC(NC(=O)C(O)SC(O)C(=O)Nc1cccnc1)C(C)(C)C. The Kier molecular flexibility index (Phi) is 6.99. The topological polar surface area (TPSA) is 112 Å². The Morgan fingerprint density at radius 1 is 1.22 bits per heavy atom. The van der Waals surface area contributed by atoms with Crippen LogP contribution in [0.3, 0.4) is 0 Å². The van der Waals surface area contributed by atoms with Crippen LogP contribution in [0.2, 0.25) is 0 Å². The Morgan fingerprint density at radius 2 is 1.83 bits per heavy atom. The summed E-state index contributed by atoms with van der Waals surface area (Å²) in [6, 6.07) is 3.06. The van der Waals surface area contributed by atoms with Gasteiger partial charge in [0, 0.05) is 12.2 Å². The van der Waals surface area contributed by atoms with Crippen LogP contribution in [-0.4, -0.2) is 43.9 Å². The Balaban J connectivity index is 2.50. The number of thioether (sulfide) groups is 1. The normalized spacial score (nSPS) is 15.4. The summed E-state index contributed by atoms with van der Waals surface area (Å²) < 4.78 is 0. The van der Waals surface area contributed by atoms with Gasteiger partial charge >= 0.3 is 0 Å². The molecule has 2 amide bonds. The maximum atomic E-state index is 11.9. The second-order valence-electron chi connectivity index (χ2n) is 6.17. The predicted molar refractivity (Wildman–Crippen MR) is 89.5 cm³/mol. The molecule has 3 unspecified atom stereocenters. The predicted octanol–water partition coefficient (Wildman–Crippen LogP) is 0.941. The van der Waals surface area contributed by atoms with Gasteiger partial charge in [0.15, 0.2) is 10.9 Å². The number of nitrogens with zero attached hydrogens (tertiary/aromatic N) is 1. The first-order valence-corrected chi connectivity index (χ1v) is 8.08. The quantitative estimate of drug-likeness (QED) is 0.573. The molecule has 0 aliphatic carbocycles. The third-order valence-corrected chi connectivity index (χ3v) is 4.24. The zero-order valence-corrected chi connectivity index (χ0v) is 14.4. The molecule has 4 N–H and O–H groups in total. The molecule has 0 radical (unpaired) electrons. The van der Waals surface area contributed by atoms with Gasteiger partial charge in [-0.3, -0.25) is 14.6 Å². The fourth-order valence-electron chi connectivity index (χ4n) is 1.39. The minimum absolute atomic E-state index is 0.170. The van der Waals surface area contributed by atoms with E-state index in [2.05, 4.69) is 15.6 Å². The van der Waals surface area contributed by atoms with Crippen molar-refractivity contribution in [2.45, 2.75) is 44.6 Å². The lowest BCUT2D eigenvalue weighted by atomic mass is 9.88. The van der Waals surface area contributed by atoms with Crippen LogP contribution in [0.1, 0.15) is 27.7 Å². The number of hydrogen-bond donors (Lipinski definition) is 4. The molecular formula is C15H23N3O4S. The van der Waals surface area contributed by atoms with Gasteiger partial charge in [-0.05, 0) is 24.5 Å². The summed E-state index contributed by atoms with van der Waals surface area (Å²) in [5, 5.41) is 24.7. The number of aliphatic hydroxyl groups excluding tert-OH is 2. The van der Waals surface area contributed by atoms with Crippen LogP contribution in [0.25, 0.3) is 0 Å². The van der Waals surface area contributed by atoms with E-state index in [4.69, 9.17) is 0 Å². The lowest BCUT2D eigenvalue weighted by Crippen LogP contribution is -2.45. The summed E-state index contributed by atoms with van der Waals surface area (Å²) in [7, 11) is 0. The van der Waals surface area contributed by atoms with Crippen molar-refractivity contribution >= 4 is 29.3 Å². The highest BCUT2D eigenvalue weighted by Gasteiger charge is 2.28. The second kappa shape index (κ2) is 8.28. The lowest BCUT2D eigenvalue weighted by molar-refractivity contribution is -0.126. The number of carbonyl (C=O) groups is 2. The summed E-state index contributed by atoms with van der Waals surface area (Å²) in [5.41, 5.74) is -2.89. The molecule has 0 aliphatic rings. The number of nitrogens with one attached hydrogen (secondary N) is 2. The molecule has 0 saturated heterocycles. The monoisotopic (exact) mass is 341 g/mol. The van der Waals surface area contributed by atoms with E-state index in [1.807, 2.05) is 27.7 Å². The standard InChI is InChI=1S/C15H23N3O4S/c1-9(15(2,3)4)17-11(19)13(21)23-14(22)12(20)18-10-6-5-7-16-8-10/h5-9,13-14,21-22H,1-4H3,(H,17,19)(H,18,20). The minimum Gasteiger partial charge on any atom is -0.373 e. The average Bonchev–Trinajstić information content (AvgIpc) is 2.46. The maximum absolute atomic E-state index is 11.9. The molecule has 3 atom stereocenters. The molecular weight excluding hydrogens is 318 g/mol. The zero-order valence-electron chi connectivity index (χ0n) is 13.6. The molecule has 23 heavy (non-hydrogen) atoms. The highest BCUT2D eigenvalue weighted by atomic mass is 32.2. The van der Waals surface area contributed by atoms with Gasteiger partial charge in [-0.2, -0.15) is 0 Å². The summed E-state index contributed by atoms with van der Waals surface area (Å²) in [6.45, 7) is 7.68. The maximum Gasteiger partial charge on any atom is 0.263 e. The van der Waals surface area contributed by atoms with Gasteiger partial charge in [0.1, 0.15) is 0 Å². The van der Waals surface area contributed by atoms with Crippen molar-refractivity contribution < 1.29 is 19.8 Å². The fraction of sp³-hybridized carbons (Fsp3) is 0.533. The highest BCUT2D eigenvalue weighted by Crippen LogP contribution is 2.20. The Morgan fingerprint density at radius 3 is 2.35 bits per heavy atom. The van der Waals surface area contributed by atoms with Crippen molar-refractivity contribution in [1.29, 1.82) is 0 Å². The molecule has 0 aliphatic heterocycles. The largest absolute Gasteiger partial charge is 0.373 e. The van der Waals surface area contributed by atoms with Crippen molar-refractivity contribution in [3.05, 3.63) is 24.5 Å². The molecule has 1 aromatic rings. The van der Waals surface area contributed by atoms with Crippen LogP contribution in [0.15, 0.2) is 24.5 Å². The van der Waals surface area contributed by atoms with Gasteiger partial charge in [-0.1, -0.05) is 32.5 Å². The van der Waals surface area contributed by atoms with E-state index in [1.165, 1.54) is 6.20 Å². The van der Waals surface area contributed by atoms with Gasteiger partial charge < -0.3 is 20.8 Å². The summed E-state index contributed by atoms with van der Waals surface area (Å²) in [4.78, 5) is 27.5. The van der Waals surface area contributed by atoms with Crippen LogP contribution in [-0.2, 0) is 9.59 Å². The van der Waals surface area contributed by atoms with E-state index in [0.717, 1.165) is 0 Å². The molecule has 0 fully saturated rings. The second-order valence-corrected chi connectivity index (χ2v) is 7.33. The molecule has 0 spiro atoms. The van der Waals surface area contributed by atoms with Gasteiger partial charge in [0.25, 0.3) is 11.8 Å². The van der Waals surface area contributed by atoms with E-state index in [0.29, 0.717) is 17.4 Å². The Labute approximate surface area is 139 Å². The van der Waals surface area contributed by atoms with E-state index >= 15 is 0 Å². The first kappa shape index (κ1) is 19.4. The van der Waals surface area contributed by atoms with Crippen LogP contribution in [0.5, 0.6) is 0 Å². The highest BCUT2D eigenvalue weighted by molar-refractivity contribution is 8.01. The van der Waals surface area contributed by atoms with Gasteiger partial charge in [0.05, 0.1) is 11.9 Å². The number of hydrogen-bond acceptors (Lipinski definition) is 6. The fourth-order valence-corrected chi connectivity index (χ4v) is 2.01. The Hall–Kier alpha value is -1.64. The van der Waals surface area contributed by atoms with E-state index in [1.54, 1.807) is 18.3 Å². The molecule has 0 aromatic carbocycles. The van der Waals surface area contributed by atoms with Crippen LogP contribution >= 0.6 is 11.8 Å². The van der Waals surface area contributed by atoms with Crippen molar-refractivity contribution in [2.24, 2.45) is 5.41 Å². The molecule has 8 heteroatoms. The number of rotatable bonds is 6. The molecule has 1 heterocycles. The molecule has 1 rings (SSSR count). The number of aliphatic hydroxyl groups is 2. The van der Waals surface area contributed by atoms with Gasteiger partial charge in [-0.15, -0.1) is 0 Å². The lowest BCUT2D eigenvalue weighted by Gasteiger charge is -2.29. The number of anilines is 1. The number of amides is 2. The van der Waals surface area contributed by atoms with E-state index < -0.39 is 22.7 Å². The number of carbonyl (C=O) groups excluding carboxylic acids is 2. The summed E-state index contributed by atoms with van der Waals surface area (Å²) in [5.74, 6) is -1.38. The summed E-state index contributed by atoms with van der Waals surface area (Å²) >= 11 is 0.454. The molecule has 1 aromatic heterocycles. The third-order valence-electron chi connectivity index (χ3n) is 3.29. The van der Waals surface area contributed by atoms with Crippen molar-refractivity contribution in [2.75, 3.05) is 5.32 Å². The van der Waals surface area contributed by atoms with Gasteiger partial charge in [-0.25, -0.2) is 0 Å². The first-order valence-electron chi connectivity index (χ1n) is 7.14.